The monoisotopic (exact) mass is 270 g/mol. The average molecular weight is 270 g/mol. The lowest BCUT2D eigenvalue weighted by Gasteiger charge is -2.20. The molecule has 0 aliphatic rings. The number of rotatable bonds is 4. The molecule has 0 fully saturated rings. The third kappa shape index (κ3) is 3.58. The molecule has 0 saturated carbocycles. The minimum atomic E-state index is 0.116. The van der Waals surface area contributed by atoms with Crippen molar-refractivity contribution in [3.8, 4) is 11.5 Å². The van der Waals surface area contributed by atoms with Crippen molar-refractivity contribution in [2.45, 2.75) is 32.7 Å². The Hall–Kier alpha value is -1.87. The number of nitrogens with one attached hydrogen (secondary N) is 1. The molecule has 0 unspecified atom stereocenters. The van der Waals surface area contributed by atoms with Crippen LogP contribution in [-0.2, 0) is 12.0 Å². The molecule has 1 aromatic carbocycles. The van der Waals surface area contributed by atoms with Crippen LogP contribution in [0.1, 0.15) is 31.9 Å². The number of hydrogen-bond acceptors (Lipinski definition) is 3. The molecule has 0 aliphatic heterocycles. The first kappa shape index (κ1) is 14.5. The molecule has 2 rings (SSSR count). The summed E-state index contributed by atoms with van der Waals surface area (Å²) in [6, 6.07) is 10.2. The summed E-state index contributed by atoms with van der Waals surface area (Å²) >= 11 is 0. The number of hydrogen-bond donors (Lipinski definition) is 1. The maximum atomic E-state index is 6.02. The van der Waals surface area contributed by atoms with Gasteiger partial charge in [0.05, 0.1) is 0 Å². The zero-order valence-electron chi connectivity index (χ0n) is 12.6. The van der Waals surface area contributed by atoms with Gasteiger partial charge in [-0.25, -0.2) is 0 Å². The lowest BCUT2D eigenvalue weighted by molar-refractivity contribution is 0.469. The summed E-state index contributed by atoms with van der Waals surface area (Å²) < 4.78 is 6.02. The van der Waals surface area contributed by atoms with E-state index in [2.05, 4.69) is 43.2 Å². The third-order valence-corrected chi connectivity index (χ3v) is 3.15. The van der Waals surface area contributed by atoms with E-state index in [1.54, 1.807) is 6.20 Å². The lowest BCUT2D eigenvalue weighted by Crippen LogP contribution is -2.11. The van der Waals surface area contributed by atoms with Gasteiger partial charge in [-0.3, -0.25) is 4.98 Å². The molecule has 0 atom stereocenters. The summed E-state index contributed by atoms with van der Waals surface area (Å²) in [5.41, 5.74) is 2.43. The van der Waals surface area contributed by atoms with Crippen LogP contribution in [0.2, 0.25) is 0 Å². The van der Waals surface area contributed by atoms with Crippen LogP contribution in [0.15, 0.2) is 42.7 Å². The largest absolute Gasteiger partial charge is 0.457 e. The highest BCUT2D eigenvalue weighted by Gasteiger charge is 2.14. The van der Waals surface area contributed by atoms with Gasteiger partial charge in [0, 0.05) is 24.5 Å². The Balaban J connectivity index is 2.26. The van der Waals surface area contributed by atoms with Gasteiger partial charge in [0.1, 0.15) is 11.5 Å². The zero-order chi connectivity index (χ0) is 14.6. The van der Waals surface area contributed by atoms with Crippen molar-refractivity contribution in [1.82, 2.24) is 10.3 Å². The van der Waals surface area contributed by atoms with Crippen LogP contribution in [0, 0.1) is 0 Å². The van der Waals surface area contributed by atoms with Crippen molar-refractivity contribution in [2.75, 3.05) is 7.05 Å². The molecule has 0 bridgehead atoms. The Morgan fingerprint density at radius 1 is 1.20 bits per heavy atom. The predicted molar refractivity (Wildman–Crippen MR) is 82.2 cm³/mol. The molecule has 0 radical (unpaired) electrons. The zero-order valence-corrected chi connectivity index (χ0v) is 12.6. The van der Waals surface area contributed by atoms with E-state index >= 15 is 0 Å². The van der Waals surface area contributed by atoms with E-state index in [0.29, 0.717) is 0 Å². The molecule has 20 heavy (non-hydrogen) atoms. The van der Waals surface area contributed by atoms with Crippen LogP contribution in [0.3, 0.4) is 0 Å². The molecule has 0 amide bonds. The second-order valence-corrected chi connectivity index (χ2v) is 5.89. The van der Waals surface area contributed by atoms with Gasteiger partial charge >= 0.3 is 0 Å². The standard InChI is InChI=1S/C17H22N2O/c1-17(2,3)14-6-5-7-15(10-14)20-16-8-9-19-12-13(16)11-18-4/h5-10,12,18H,11H2,1-4H3. The maximum absolute atomic E-state index is 6.02. The van der Waals surface area contributed by atoms with E-state index in [1.807, 2.05) is 31.4 Å². The Kier molecular flexibility index (Phi) is 4.40. The summed E-state index contributed by atoms with van der Waals surface area (Å²) in [5, 5.41) is 3.13. The van der Waals surface area contributed by atoms with Crippen molar-refractivity contribution >= 4 is 0 Å². The van der Waals surface area contributed by atoms with Gasteiger partial charge in [0.2, 0.25) is 0 Å². The number of nitrogens with zero attached hydrogens (tertiary/aromatic N) is 1. The van der Waals surface area contributed by atoms with Crippen molar-refractivity contribution in [1.29, 1.82) is 0 Å². The van der Waals surface area contributed by atoms with E-state index < -0.39 is 0 Å². The molecule has 106 valence electrons. The molecular formula is C17H22N2O. The van der Waals surface area contributed by atoms with Gasteiger partial charge in [-0.15, -0.1) is 0 Å². The van der Waals surface area contributed by atoms with E-state index in [9.17, 15) is 0 Å². The molecule has 1 aromatic heterocycles. The number of pyridine rings is 1. The highest BCUT2D eigenvalue weighted by Crippen LogP contribution is 2.29. The molecule has 0 spiro atoms. The molecule has 3 heteroatoms. The fraction of sp³-hybridized carbons (Fsp3) is 0.353. The van der Waals surface area contributed by atoms with Crippen molar-refractivity contribution in [3.63, 3.8) is 0 Å². The minimum Gasteiger partial charge on any atom is -0.457 e. The SMILES string of the molecule is CNCc1cnccc1Oc1cccc(C(C)(C)C)c1. The van der Waals surface area contributed by atoms with E-state index in [4.69, 9.17) is 4.74 Å². The average Bonchev–Trinajstić information content (AvgIpc) is 2.41. The molecule has 2 aromatic rings. The van der Waals surface area contributed by atoms with E-state index in [0.717, 1.165) is 23.6 Å². The Bertz CT molecular complexity index is 573. The van der Waals surface area contributed by atoms with Crippen LogP contribution in [-0.4, -0.2) is 12.0 Å². The maximum Gasteiger partial charge on any atom is 0.134 e. The fourth-order valence-corrected chi connectivity index (χ4v) is 1.99. The van der Waals surface area contributed by atoms with Gasteiger partial charge in [-0.2, -0.15) is 0 Å². The molecule has 1 heterocycles. The Morgan fingerprint density at radius 3 is 2.70 bits per heavy atom. The lowest BCUT2D eigenvalue weighted by atomic mass is 9.87. The first-order valence-corrected chi connectivity index (χ1v) is 6.86. The first-order chi connectivity index (χ1) is 9.50. The summed E-state index contributed by atoms with van der Waals surface area (Å²) in [6.45, 7) is 7.34. The predicted octanol–water partition coefficient (Wildman–Crippen LogP) is 3.89. The van der Waals surface area contributed by atoms with Crippen LogP contribution >= 0.6 is 0 Å². The Morgan fingerprint density at radius 2 is 2.00 bits per heavy atom. The third-order valence-electron chi connectivity index (χ3n) is 3.15. The number of ether oxygens (including phenoxy) is 1. The summed E-state index contributed by atoms with van der Waals surface area (Å²) in [6.07, 6.45) is 3.58. The summed E-state index contributed by atoms with van der Waals surface area (Å²) in [4.78, 5) is 4.14. The molecular weight excluding hydrogens is 248 g/mol. The Labute approximate surface area is 121 Å². The minimum absolute atomic E-state index is 0.116. The van der Waals surface area contributed by atoms with Crippen LogP contribution in [0.25, 0.3) is 0 Å². The van der Waals surface area contributed by atoms with Gasteiger partial charge in [0.25, 0.3) is 0 Å². The van der Waals surface area contributed by atoms with Gasteiger partial charge < -0.3 is 10.1 Å². The summed E-state index contributed by atoms with van der Waals surface area (Å²) in [5.74, 6) is 1.71. The van der Waals surface area contributed by atoms with E-state index in [-0.39, 0.29) is 5.41 Å². The first-order valence-electron chi connectivity index (χ1n) is 6.86. The molecule has 0 saturated heterocycles. The summed E-state index contributed by atoms with van der Waals surface area (Å²) in [7, 11) is 1.91. The van der Waals surface area contributed by atoms with Crippen molar-refractivity contribution in [2.24, 2.45) is 0 Å². The van der Waals surface area contributed by atoms with Crippen LogP contribution in [0.4, 0.5) is 0 Å². The van der Waals surface area contributed by atoms with Gasteiger partial charge in [-0.1, -0.05) is 32.9 Å². The van der Waals surface area contributed by atoms with Crippen LogP contribution in [0.5, 0.6) is 11.5 Å². The normalized spacial score (nSPS) is 11.4. The van der Waals surface area contributed by atoms with Crippen LogP contribution < -0.4 is 10.1 Å². The second kappa shape index (κ2) is 6.06. The highest BCUT2D eigenvalue weighted by molar-refractivity contribution is 5.38. The van der Waals surface area contributed by atoms with Crippen molar-refractivity contribution in [3.05, 3.63) is 53.9 Å². The molecule has 1 N–H and O–H groups in total. The van der Waals surface area contributed by atoms with Crippen molar-refractivity contribution < 1.29 is 4.74 Å². The molecule has 0 aliphatic carbocycles. The van der Waals surface area contributed by atoms with E-state index in [1.165, 1.54) is 5.56 Å². The highest BCUT2D eigenvalue weighted by atomic mass is 16.5. The van der Waals surface area contributed by atoms with Gasteiger partial charge in [-0.05, 0) is 36.2 Å². The molecule has 3 nitrogen and oxygen atoms in total. The quantitative estimate of drug-likeness (QED) is 0.915. The topological polar surface area (TPSA) is 34.2 Å². The number of aromatic nitrogens is 1. The van der Waals surface area contributed by atoms with Gasteiger partial charge in [0.15, 0.2) is 0 Å². The smallest absolute Gasteiger partial charge is 0.134 e. The number of benzene rings is 1. The second-order valence-electron chi connectivity index (χ2n) is 5.89. The fourth-order valence-electron chi connectivity index (χ4n) is 1.99.